The van der Waals surface area contributed by atoms with Crippen LogP contribution >= 0.6 is 23.2 Å². The van der Waals surface area contributed by atoms with Crippen LogP contribution in [0.4, 0.5) is 0 Å². The molecule has 5 aromatic rings. The fourth-order valence-electron chi connectivity index (χ4n) is 4.95. The summed E-state index contributed by atoms with van der Waals surface area (Å²) in [4.78, 5) is 22.2. The van der Waals surface area contributed by atoms with Crippen molar-refractivity contribution >= 4 is 34.1 Å². The van der Waals surface area contributed by atoms with Gasteiger partial charge in [0.1, 0.15) is 0 Å². The zero-order valence-corrected chi connectivity index (χ0v) is 21.6. The highest BCUT2D eigenvalue weighted by Gasteiger charge is 2.39. The van der Waals surface area contributed by atoms with Crippen molar-refractivity contribution in [2.45, 2.75) is 25.0 Å². The molecule has 0 bridgehead atoms. The highest BCUT2D eigenvalue weighted by atomic mass is 35.5. The Bertz CT molecular complexity index is 1690. The zero-order chi connectivity index (χ0) is 25.7. The average molecular weight is 531 g/mol. The molecule has 37 heavy (non-hydrogen) atoms. The van der Waals surface area contributed by atoms with Gasteiger partial charge in [-0.2, -0.15) is 0 Å². The molecule has 1 aliphatic rings. The summed E-state index contributed by atoms with van der Waals surface area (Å²) in [5.74, 6) is 0.928. The average Bonchev–Trinajstić information content (AvgIpc) is 3.62. The molecule has 0 spiro atoms. The molecule has 8 heteroatoms. The minimum absolute atomic E-state index is 0.0548. The molecule has 0 amide bonds. The van der Waals surface area contributed by atoms with E-state index in [9.17, 15) is 9.90 Å². The predicted molar refractivity (Wildman–Crippen MR) is 146 cm³/mol. The number of nitrogens with zero attached hydrogens (tertiary/aromatic N) is 4. The fraction of sp³-hybridized carbons (Fsp3) is 0.207. The van der Waals surface area contributed by atoms with E-state index in [2.05, 4.69) is 9.97 Å². The summed E-state index contributed by atoms with van der Waals surface area (Å²) in [5.41, 5.74) is 1.63. The molecule has 0 radical (unpaired) electrons. The van der Waals surface area contributed by atoms with Gasteiger partial charge in [0.2, 0.25) is 0 Å². The first-order chi connectivity index (χ1) is 17.8. The van der Waals surface area contributed by atoms with Gasteiger partial charge >= 0.3 is 0 Å². The molecular weight excluding hydrogens is 507 g/mol. The third-order valence-electron chi connectivity index (χ3n) is 7.05. The SMILES string of the molecule is Cn1ccnc1C(O)(c1ccc2c(c1)c(-c1cccc(Cl)c1)cc(=O)n2CC1CC1)c1ccc(Cl)cn1. The summed E-state index contributed by atoms with van der Waals surface area (Å²) in [7, 11) is 1.83. The van der Waals surface area contributed by atoms with Gasteiger partial charge in [-0.25, -0.2) is 4.98 Å². The first-order valence-corrected chi connectivity index (χ1v) is 12.9. The number of pyridine rings is 2. The number of benzene rings is 2. The highest BCUT2D eigenvalue weighted by Crippen LogP contribution is 2.39. The van der Waals surface area contributed by atoms with Gasteiger partial charge in [0.05, 0.1) is 16.2 Å². The summed E-state index contributed by atoms with van der Waals surface area (Å²) in [6, 6.07) is 18.2. The normalized spacial score (nSPS) is 15.1. The molecule has 1 N–H and O–H groups in total. The van der Waals surface area contributed by atoms with Crippen molar-refractivity contribution < 1.29 is 5.11 Å². The van der Waals surface area contributed by atoms with Crippen LogP contribution < -0.4 is 5.56 Å². The first kappa shape index (κ1) is 23.9. The van der Waals surface area contributed by atoms with Crippen molar-refractivity contribution in [1.29, 1.82) is 0 Å². The van der Waals surface area contributed by atoms with E-state index in [1.54, 1.807) is 41.2 Å². The molecule has 1 aliphatic carbocycles. The second kappa shape index (κ2) is 9.14. The number of fused-ring (bicyclic) bond motifs is 1. The molecule has 1 unspecified atom stereocenters. The van der Waals surface area contributed by atoms with Crippen molar-refractivity contribution in [2.24, 2.45) is 13.0 Å². The number of imidazole rings is 1. The summed E-state index contributed by atoms with van der Waals surface area (Å²) in [5, 5.41) is 14.2. The maximum absolute atomic E-state index is 13.3. The van der Waals surface area contributed by atoms with E-state index in [4.69, 9.17) is 23.2 Å². The number of halogens is 2. The fourth-order valence-corrected chi connectivity index (χ4v) is 5.25. The molecule has 1 atom stereocenters. The van der Waals surface area contributed by atoms with E-state index >= 15 is 0 Å². The smallest absolute Gasteiger partial charge is 0.251 e. The van der Waals surface area contributed by atoms with E-state index in [0.717, 1.165) is 34.9 Å². The van der Waals surface area contributed by atoms with Crippen molar-refractivity contribution in [1.82, 2.24) is 19.1 Å². The molecule has 1 saturated carbocycles. The van der Waals surface area contributed by atoms with E-state index in [-0.39, 0.29) is 5.56 Å². The van der Waals surface area contributed by atoms with Crippen LogP contribution in [-0.2, 0) is 19.2 Å². The lowest BCUT2D eigenvalue weighted by atomic mass is 9.86. The Kier molecular flexibility index (Phi) is 5.91. The molecule has 0 aliphatic heterocycles. The third kappa shape index (κ3) is 4.25. The number of aromatic nitrogens is 4. The van der Waals surface area contributed by atoms with Gasteiger partial charge in [-0.1, -0.05) is 41.4 Å². The number of rotatable bonds is 6. The Morgan fingerprint density at radius 3 is 2.54 bits per heavy atom. The molecule has 3 aromatic heterocycles. The standard InChI is InChI=1S/C29H24Cl2N4O2/c1-34-12-11-32-28(34)29(37,26-10-8-22(31)16-33-26)20-7-9-25-24(14-20)23(19-3-2-4-21(30)13-19)15-27(36)35(25)17-18-5-6-18/h2-4,7-16,18,37H,5-6,17H2,1H3. The van der Waals surface area contributed by atoms with Gasteiger partial charge < -0.3 is 14.2 Å². The van der Waals surface area contributed by atoms with Crippen LogP contribution in [0, 0.1) is 5.92 Å². The minimum Gasteiger partial charge on any atom is -0.372 e. The topological polar surface area (TPSA) is 72.9 Å². The van der Waals surface area contributed by atoms with Crippen LogP contribution in [0.3, 0.4) is 0 Å². The zero-order valence-electron chi connectivity index (χ0n) is 20.1. The molecular formula is C29H24Cl2N4O2. The third-order valence-corrected chi connectivity index (χ3v) is 7.50. The molecule has 1 fully saturated rings. The van der Waals surface area contributed by atoms with Gasteiger partial charge in [0.15, 0.2) is 11.4 Å². The first-order valence-electron chi connectivity index (χ1n) is 12.1. The number of aliphatic hydroxyl groups is 1. The van der Waals surface area contributed by atoms with Crippen LogP contribution in [0.1, 0.15) is 29.9 Å². The van der Waals surface area contributed by atoms with Crippen LogP contribution in [0.25, 0.3) is 22.0 Å². The molecule has 6 nitrogen and oxygen atoms in total. The highest BCUT2D eigenvalue weighted by molar-refractivity contribution is 6.31. The van der Waals surface area contributed by atoms with E-state index in [0.29, 0.717) is 39.6 Å². The molecule has 0 saturated heterocycles. The second-order valence-electron chi connectivity index (χ2n) is 9.63. The minimum atomic E-state index is -1.67. The Morgan fingerprint density at radius 2 is 1.86 bits per heavy atom. The van der Waals surface area contributed by atoms with Gasteiger partial charge in [0.25, 0.3) is 5.56 Å². The number of hydrogen-bond donors (Lipinski definition) is 1. The summed E-state index contributed by atoms with van der Waals surface area (Å²) in [6.45, 7) is 0.673. The van der Waals surface area contributed by atoms with Gasteiger partial charge in [-0.15, -0.1) is 0 Å². The second-order valence-corrected chi connectivity index (χ2v) is 10.5. The number of aryl methyl sites for hydroxylation is 1. The lowest BCUT2D eigenvalue weighted by Crippen LogP contribution is -2.33. The summed E-state index contributed by atoms with van der Waals surface area (Å²) in [6.07, 6.45) is 7.19. The van der Waals surface area contributed by atoms with Gasteiger partial charge in [-0.3, -0.25) is 9.78 Å². The summed E-state index contributed by atoms with van der Waals surface area (Å²) >= 11 is 12.4. The van der Waals surface area contributed by atoms with Crippen LogP contribution in [0.5, 0.6) is 0 Å². The van der Waals surface area contributed by atoms with Gasteiger partial charge in [-0.05, 0) is 71.8 Å². The number of hydrogen-bond acceptors (Lipinski definition) is 4. The summed E-state index contributed by atoms with van der Waals surface area (Å²) < 4.78 is 3.61. The van der Waals surface area contributed by atoms with Crippen molar-refractivity contribution in [3.63, 3.8) is 0 Å². The lowest BCUT2D eigenvalue weighted by Gasteiger charge is -2.28. The Hall–Kier alpha value is -3.45. The Labute approximate surface area is 223 Å². The monoisotopic (exact) mass is 530 g/mol. The van der Waals surface area contributed by atoms with Crippen LogP contribution in [0.2, 0.25) is 10.0 Å². The van der Waals surface area contributed by atoms with Crippen LogP contribution in [0.15, 0.2) is 84.0 Å². The van der Waals surface area contributed by atoms with Crippen LogP contribution in [-0.4, -0.2) is 24.2 Å². The molecule has 2 aromatic carbocycles. The van der Waals surface area contributed by atoms with E-state index < -0.39 is 5.60 Å². The quantitative estimate of drug-likeness (QED) is 0.301. The van der Waals surface area contributed by atoms with Crippen molar-refractivity contribution in [3.8, 4) is 11.1 Å². The van der Waals surface area contributed by atoms with Crippen molar-refractivity contribution in [3.05, 3.63) is 117 Å². The van der Waals surface area contributed by atoms with Gasteiger partial charge in [0, 0.05) is 48.7 Å². The predicted octanol–water partition coefficient (Wildman–Crippen LogP) is 5.80. The largest absolute Gasteiger partial charge is 0.372 e. The molecule has 3 heterocycles. The van der Waals surface area contributed by atoms with E-state index in [1.807, 2.05) is 48.0 Å². The molecule has 186 valence electrons. The Balaban J connectivity index is 1.65. The lowest BCUT2D eigenvalue weighted by molar-refractivity contribution is 0.108. The maximum atomic E-state index is 13.3. The van der Waals surface area contributed by atoms with Crippen molar-refractivity contribution in [2.75, 3.05) is 0 Å². The maximum Gasteiger partial charge on any atom is 0.251 e. The van der Waals surface area contributed by atoms with E-state index in [1.165, 1.54) is 6.20 Å². The molecule has 6 rings (SSSR count). The Morgan fingerprint density at radius 1 is 1.03 bits per heavy atom.